The molecule has 0 aromatic carbocycles. The van der Waals surface area contributed by atoms with Gasteiger partial charge in [0.25, 0.3) is 0 Å². The number of carbonyl (C=O) groups excluding carboxylic acids is 1. The number of alkyl halides is 1. The third kappa shape index (κ3) is 3.18. The minimum absolute atomic E-state index is 0.0589. The fourth-order valence-corrected chi connectivity index (χ4v) is 2.12. The fourth-order valence-electron chi connectivity index (χ4n) is 1.42. The van der Waals surface area contributed by atoms with Crippen molar-refractivity contribution in [2.75, 3.05) is 14.1 Å². The molecule has 1 rings (SSSR count). The fraction of sp³-hybridized carbons (Fsp3) is 0.889. The van der Waals surface area contributed by atoms with Gasteiger partial charge in [0, 0.05) is 14.1 Å². The van der Waals surface area contributed by atoms with Gasteiger partial charge in [-0.25, -0.2) is 4.79 Å². The van der Waals surface area contributed by atoms with Crippen molar-refractivity contribution >= 4 is 22.0 Å². The molecule has 0 saturated heterocycles. The zero-order valence-electron chi connectivity index (χ0n) is 8.12. The number of rotatable bonds is 1. The maximum Gasteiger partial charge on any atom is 0.409 e. The quantitative estimate of drug-likeness (QED) is 0.669. The highest BCUT2D eigenvalue weighted by atomic mass is 79.9. The summed E-state index contributed by atoms with van der Waals surface area (Å²) in [5, 5.41) is 0. The maximum atomic E-state index is 11.2. The summed E-state index contributed by atoms with van der Waals surface area (Å²) >= 11 is 3.54. The van der Waals surface area contributed by atoms with Crippen molar-refractivity contribution in [2.45, 2.75) is 36.6 Å². The zero-order valence-corrected chi connectivity index (χ0v) is 9.71. The molecular formula is C9H16BrNO2. The number of ether oxygens (including phenoxy) is 1. The topological polar surface area (TPSA) is 29.5 Å². The van der Waals surface area contributed by atoms with E-state index < -0.39 is 0 Å². The molecular weight excluding hydrogens is 234 g/mol. The van der Waals surface area contributed by atoms with E-state index in [4.69, 9.17) is 4.74 Å². The van der Waals surface area contributed by atoms with Crippen LogP contribution in [0.4, 0.5) is 4.79 Å². The third-order valence-electron chi connectivity index (χ3n) is 2.24. The van der Waals surface area contributed by atoms with Crippen LogP contribution in [-0.4, -0.2) is 36.0 Å². The summed E-state index contributed by atoms with van der Waals surface area (Å²) in [4.78, 5) is 13.0. The van der Waals surface area contributed by atoms with Crippen LogP contribution in [0.15, 0.2) is 0 Å². The van der Waals surface area contributed by atoms with Gasteiger partial charge >= 0.3 is 6.09 Å². The largest absolute Gasteiger partial charge is 0.445 e. The monoisotopic (exact) mass is 249 g/mol. The molecule has 0 radical (unpaired) electrons. The van der Waals surface area contributed by atoms with Crippen LogP contribution >= 0.6 is 15.9 Å². The Labute approximate surface area is 87.6 Å². The van der Waals surface area contributed by atoms with Crippen LogP contribution in [0.25, 0.3) is 0 Å². The molecule has 1 aliphatic carbocycles. The lowest BCUT2D eigenvalue weighted by Gasteiger charge is -2.28. The maximum absolute atomic E-state index is 11.2. The third-order valence-corrected chi connectivity index (χ3v) is 3.29. The van der Waals surface area contributed by atoms with E-state index in [1.165, 1.54) is 11.3 Å². The predicted molar refractivity (Wildman–Crippen MR) is 55.1 cm³/mol. The van der Waals surface area contributed by atoms with Crippen molar-refractivity contribution in [1.82, 2.24) is 4.90 Å². The van der Waals surface area contributed by atoms with Crippen LogP contribution in [0.2, 0.25) is 0 Å². The van der Waals surface area contributed by atoms with E-state index in [9.17, 15) is 4.79 Å². The van der Waals surface area contributed by atoms with Crippen molar-refractivity contribution in [3.8, 4) is 0 Å². The number of carbonyl (C=O) groups is 1. The van der Waals surface area contributed by atoms with Crippen LogP contribution in [0.5, 0.6) is 0 Å². The van der Waals surface area contributed by atoms with Gasteiger partial charge in [-0.1, -0.05) is 22.4 Å². The Morgan fingerprint density at radius 1 is 1.38 bits per heavy atom. The molecule has 0 aromatic rings. The lowest BCUT2D eigenvalue weighted by Crippen LogP contribution is -2.34. The van der Waals surface area contributed by atoms with Gasteiger partial charge in [0.05, 0.1) is 4.83 Å². The summed E-state index contributed by atoms with van der Waals surface area (Å²) in [7, 11) is 3.41. The molecule has 0 heterocycles. The molecule has 3 nitrogen and oxygen atoms in total. The second-order valence-electron chi connectivity index (χ2n) is 3.62. The Morgan fingerprint density at radius 2 is 2.00 bits per heavy atom. The van der Waals surface area contributed by atoms with Gasteiger partial charge in [0.1, 0.15) is 6.10 Å². The minimum atomic E-state index is -0.239. The van der Waals surface area contributed by atoms with Crippen LogP contribution < -0.4 is 0 Å². The lowest BCUT2D eigenvalue weighted by atomic mass is 9.98. The van der Waals surface area contributed by atoms with Gasteiger partial charge < -0.3 is 9.64 Å². The summed E-state index contributed by atoms with van der Waals surface area (Å²) in [5.74, 6) is 0. The molecule has 0 spiro atoms. The standard InChI is InChI=1S/C9H16BrNO2/c1-11(2)9(12)13-8-6-4-3-5-7(8)10/h7-8H,3-6H2,1-2H3/t7-,8-/m1/s1. The summed E-state index contributed by atoms with van der Waals surface area (Å²) < 4.78 is 5.31. The number of hydrogen-bond acceptors (Lipinski definition) is 2. The van der Waals surface area contributed by atoms with E-state index in [2.05, 4.69) is 15.9 Å². The van der Waals surface area contributed by atoms with Gasteiger partial charge in [0.15, 0.2) is 0 Å². The Hall–Kier alpha value is -0.250. The Balaban J connectivity index is 2.38. The number of nitrogens with zero attached hydrogens (tertiary/aromatic N) is 1. The molecule has 2 atom stereocenters. The van der Waals surface area contributed by atoms with Gasteiger partial charge in [-0.05, 0) is 19.3 Å². The van der Waals surface area contributed by atoms with Crippen LogP contribution in [0, 0.1) is 0 Å². The van der Waals surface area contributed by atoms with E-state index in [1.54, 1.807) is 14.1 Å². The van der Waals surface area contributed by atoms with Crippen molar-refractivity contribution in [2.24, 2.45) is 0 Å². The normalized spacial score (nSPS) is 28.2. The first kappa shape index (κ1) is 10.8. The van der Waals surface area contributed by atoms with Crippen LogP contribution in [0.1, 0.15) is 25.7 Å². The molecule has 1 aliphatic rings. The molecule has 1 amide bonds. The number of amides is 1. The first-order valence-electron chi connectivity index (χ1n) is 4.63. The Bertz CT molecular complexity index is 184. The first-order chi connectivity index (χ1) is 6.11. The van der Waals surface area contributed by atoms with Crippen LogP contribution in [0.3, 0.4) is 0 Å². The van der Waals surface area contributed by atoms with E-state index in [0.717, 1.165) is 19.3 Å². The molecule has 76 valence electrons. The summed E-state index contributed by atoms with van der Waals surface area (Å²) in [6, 6.07) is 0. The van der Waals surface area contributed by atoms with Crippen molar-refractivity contribution in [3.63, 3.8) is 0 Å². The highest BCUT2D eigenvalue weighted by molar-refractivity contribution is 9.09. The van der Waals surface area contributed by atoms with Crippen molar-refractivity contribution in [1.29, 1.82) is 0 Å². The predicted octanol–water partition coefficient (Wildman–Crippen LogP) is 2.39. The van der Waals surface area contributed by atoms with Gasteiger partial charge in [-0.15, -0.1) is 0 Å². The molecule has 1 fully saturated rings. The van der Waals surface area contributed by atoms with Gasteiger partial charge in [-0.2, -0.15) is 0 Å². The summed E-state index contributed by atoms with van der Waals surface area (Å²) in [6.07, 6.45) is 4.29. The average molecular weight is 250 g/mol. The molecule has 13 heavy (non-hydrogen) atoms. The molecule has 0 N–H and O–H groups in total. The molecule has 0 aliphatic heterocycles. The number of halogens is 1. The second-order valence-corrected chi connectivity index (χ2v) is 4.79. The summed E-state index contributed by atoms with van der Waals surface area (Å²) in [5.41, 5.74) is 0. The molecule has 1 saturated carbocycles. The second kappa shape index (κ2) is 4.84. The number of hydrogen-bond donors (Lipinski definition) is 0. The summed E-state index contributed by atoms with van der Waals surface area (Å²) in [6.45, 7) is 0. The van der Waals surface area contributed by atoms with Crippen molar-refractivity contribution in [3.05, 3.63) is 0 Å². The van der Waals surface area contributed by atoms with Crippen LogP contribution in [-0.2, 0) is 4.74 Å². The Morgan fingerprint density at radius 3 is 2.54 bits per heavy atom. The van der Waals surface area contributed by atoms with Gasteiger partial charge in [0.2, 0.25) is 0 Å². The Kier molecular flexibility index (Phi) is 4.03. The van der Waals surface area contributed by atoms with Crippen molar-refractivity contribution < 1.29 is 9.53 Å². The molecule has 4 heteroatoms. The first-order valence-corrected chi connectivity index (χ1v) is 5.55. The molecule has 0 unspecified atom stereocenters. The minimum Gasteiger partial charge on any atom is -0.445 e. The smallest absolute Gasteiger partial charge is 0.409 e. The zero-order chi connectivity index (χ0) is 9.84. The van der Waals surface area contributed by atoms with E-state index >= 15 is 0 Å². The van der Waals surface area contributed by atoms with Gasteiger partial charge in [-0.3, -0.25) is 0 Å². The van der Waals surface area contributed by atoms with E-state index in [0.29, 0.717) is 4.83 Å². The SMILES string of the molecule is CN(C)C(=O)O[C@@H]1CCCC[C@H]1Br. The average Bonchev–Trinajstić information content (AvgIpc) is 2.08. The molecule has 0 bridgehead atoms. The molecule has 0 aromatic heterocycles. The highest BCUT2D eigenvalue weighted by Gasteiger charge is 2.26. The lowest BCUT2D eigenvalue weighted by molar-refractivity contribution is 0.0603. The highest BCUT2D eigenvalue weighted by Crippen LogP contribution is 2.27. The van der Waals surface area contributed by atoms with E-state index in [1.807, 2.05) is 0 Å². The van der Waals surface area contributed by atoms with E-state index in [-0.39, 0.29) is 12.2 Å².